The van der Waals surface area contributed by atoms with E-state index >= 15 is 0 Å². The van der Waals surface area contributed by atoms with Gasteiger partial charge in [0.1, 0.15) is 11.3 Å². The summed E-state index contributed by atoms with van der Waals surface area (Å²) in [6.45, 7) is 1.11. The number of hydrogen-bond donors (Lipinski definition) is 0. The molecule has 1 aliphatic rings. The zero-order valence-electron chi connectivity index (χ0n) is 17.1. The lowest BCUT2D eigenvalue weighted by Gasteiger charge is -2.33. The van der Waals surface area contributed by atoms with E-state index in [1.807, 2.05) is 0 Å². The summed E-state index contributed by atoms with van der Waals surface area (Å²) < 4.78 is 31.3. The van der Waals surface area contributed by atoms with Crippen molar-refractivity contribution < 1.29 is 23.4 Å². The SMILES string of the molecule is COc1cc(C(=O)N2CCCC(n3nnc4cc(F)ccc43)C2)cc(OC)c1OC. The largest absolute Gasteiger partial charge is 0.493 e. The van der Waals surface area contributed by atoms with Crippen LogP contribution in [0.4, 0.5) is 4.39 Å². The van der Waals surface area contributed by atoms with Gasteiger partial charge in [-0.1, -0.05) is 5.21 Å². The van der Waals surface area contributed by atoms with Crippen molar-refractivity contribution in [3.63, 3.8) is 0 Å². The van der Waals surface area contributed by atoms with Crippen LogP contribution in [0, 0.1) is 5.82 Å². The molecule has 3 aromatic rings. The van der Waals surface area contributed by atoms with Gasteiger partial charge < -0.3 is 19.1 Å². The van der Waals surface area contributed by atoms with Crippen molar-refractivity contribution in [3.8, 4) is 17.2 Å². The molecule has 0 spiro atoms. The third-order valence-electron chi connectivity index (χ3n) is 5.37. The summed E-state index contributed by atoms with van der Waals surface area (Å²) in [7, 11) is 4.55. The Bertz CT molecular complexity index is 1060. The summed E-state index contributed by atoms with van der Waals surface area (Å²) in [5.41, 5.74) is 1.71. The summed E-state index contributed by atoms with van der Waals surface area (Å²) in [6, 6.07) is 7.69. The third-order valence-corrected chi connectivity index (χ3v) is 5.37. The Balaban J connectivity index is 1.61. The number of likely N-dealkylation sites (tertiary alicyclic amines) is 1. The molecule has 2 aromatic carbocycles. The van der Waals surface area contributed by atoms with Gasteiger partial charge >= 0.3 is 0 Å². The fraction of sp³-hybridized carbons (Fsp3) is 0.381. The molecule has 2 heterocycles. The van der Waals surface area contributed by atoms with Crippen LogP contribution >= 0.6 is 0 Å². The number of rotatable bonds is 5. The number of nitrogens with zero attached hydrogens (tertiary/aromatic N) is 4. The molecule has 30 heavy (non-hydrogen) atoms. The fourth-order valence-electron chi connectivity index (χ4n) is 3.91. The van der Waals surface area contributed by atoms with Crippen LogP contribution in [0.25, 0.3) is 11.0 Å². The van der Waals surface area contributed by atoms with Gasteiger partial charge in [-0.3, -0.25) is 4.79 Å². The highest BCUT2D eigenvalue weighted by Crippen LogP contribution is 2.38. The number of methoxy groups -OCH3 is 3. The van der Waals surface area contributed by atoms with Gasteiger partial charge in [0.25, 0.3) is 5.91 Å². The minimum absolute atomic E-state index is 0.0415. The molecular formula is C21H23FN4O4. The van der Waals surface area contributed by atoms with Gasteiger partial charge in [0.2, 0.25) is 5.75 Å². The summed E-state index contributed by atoms with van der Waals surface area (Å²) >= 11 is 0. The first kappa shape index (κ1) is 19.9. The molecule has 1 fully saturated rings. The molecule has 158 valence electrons. The first-order chi connectivity index (χ1) is 14.5. The average Bonchev–Trinajstić information content (AvgIpc) is 3.20. The smallest absolute Gasteiger partial charge is 0.254 e. The van der Waals surface area contributed by atoms with E-state index in [-0.39, 0.29) is 17.8 Å². The Morgan fingerprint density at radius 1 is 1.10 bits per heavy atom. The average molecular weight is 414 g/mol. The highest BCUT2D eigenvalue weighted by atomic mass is 19.1. The second-order valence-electron chi connectivity index (χ2n) is 7.13. The van der Waals surface area contributed by atoms with Gasteiger partial charge in [-0.25, -0.2) is 9.07 Å². The number of amides is 1. The zero-order valence-corrected chi connectivity index (χ0v) is 17.1. The molecule has 1 amide bonds. The molecule has 1 saturated heterocycles. The lowest BCUT2D eigenvalue weighted by molar-refractivity contribution is 0.0673. The molecule has 0 radical (unpaired) electrons. The molecule has 8 nitrogen and oxygen atoms in total. The Kier molecular flexibility index (Phi) is 5.43. The quantitative estimate of drug-likeness (QED) is 0.639. The van der Waals surface area contributed by atoms with Crippen molar-refractivity contribution in [2.45, 2.75) is 18.9 Å². The number of ether oxygens (including phenoxy) is 3. The Morgan fingerprint density at radius 2 is 1.83 bits per heavy atom. The predicted octanol–water partition coefficient (Wildman–Crippen LogP) is 3.07. The van der Waals surface area contributed by atoms with Gasteiger partial charge in [0.05, 0.1) is 32.9 Å². The number of aromatic nitrogens is 3. The van der Waals surface area contributed by atoms with Crippen LogP contribution in [0.1, 0.15) is 29.2 Å². The minimum atomic E-state index is -0.350. The number of halogens is 1. The summed E-state index contributed by atoms with van der Waals surface area (Å²) in [4.78, 5) is 15.0. The number of piperidine rings is 1. The van der Waals surface area contributed by atoms with Gasteiger partial charge in [-0.15, -0.1) is 5.10 Å². The maximum absolute atomic E-state index is 13.5. The van der Waals surface area contributed by atoms with Crippen LogP contribution < -0.4 is 14.2 Å². The lowest BCUT2D eigenvalue weighted by Crippen LogP contribution is -2.41. The van der Waals surface area contributed by atoms with E-state index in [0.717, 1.165) is 18.4 Å². The molecular weight excluding hydrogens is 391 g/mol. The number of fused-ring (bicyclic) bond motifs is 1. The van der Waals surface area contributed by atoms with Crippen molar-refractivity contribution in [3.05, 3.63) is 41.7 Å². The molecule has 1 aliphatic heterocycles. The van der Waals surface area contributed by atoms with E-state index in [0.29, 0.717) is 41.4 Å². The minimum Gasteiger partial charge on any atom is -0.493 e. The Morgan fingerprint density at radius 3 is 2.50 bits per heavy atom. The van der Waals surface area contributed by atoms with Crippen LogP contribution in [0.2, 0.25) is 0 Å². The van der Waals surface area contributed by atoms with Crippen molar-refractivity contribution >= 4 is 16.9 Å². The Labute approximate surface area is 173 Å². The Hall–Kier alpha value is -3.36. The topological polar surface area (TPSA) is 78.7 Å². The van der Waals surface area contributed by atoms with Gasteiger partial charge in [-0.05, 0) is 37.1 Å². The van der Waals surface area contributed by atoms with Gasteiger partial charge in [-0.2, -0.15) is 0 Å². The predicted molar refractivity (Wildman–Crippen MR) is 108 cm³/mol. The second-order valence-corrected chi connectivity index (χ2v) is 7.13. The van der Waals surface area contributed by atoms with Crippen molar-refractivity contribution in [1.29, 1.82) is 0 Å². The number of hydrogen-bond acceptors (Lipinski definition) is 6. The molecule has 4 rings (SSSR count). The number of carbonyl (C=O) groups is 1. The molecule has 0 saturated carbocycles. The molecule has 1 aromatic heterocycles. The number of carbonyl (C=O) groups excluding carboxylic acids is 1. The monoisotopic (exact) mass is 414 g/mol. The van der Waals surface area contributed by atoms with Crippen LogP contribution in [-0.2, 0) is 0 Å². The van der Waals surface area contributed by atoms with Crippen LogP contribution in [0.3, 0.4) is 0 Å². The lowest BCUT2D eigenvalue weighted by atomic mass is 10.0. The molecule has 0 aliphatic carbocycles. The maximum atomic E-state index is 13.5. The highest BCUT2D eigenvalue weighted by molar-refractivity contribution is 5.95. The van der Waals surface area contributed by atoms with Crippen molar-refractivity contribution in [1.82, 2.24) is 19.9 Å². The number of benzene rings is 2. The summed E-state index contributed by atoms with van der Waals surface area (Å²) in [5, 5.41) is 8.28. The van der Waals surface area contributed by atoms with Gasteiger partial charge in [0, 0.05) is 24.7 Å². The normalized spacial score (nSPS) is 16.5. The van der Waals surface area contributed by atoms with Crippen LogP contribution in [0.15, 0.2) is 30.3 Å². The van der Waals surface area contributed by atoms with Crippen LogP contribution in [0.5, 0.6) is 17.2 Å². The highest BCUT2D eigenvalue weighted by Gasteiger charge is 2.28. The molecule has 0 N–H and O–H groups in total. The molecule has 1 atom stereocenters. The second kappa shape index (κ2) is 8.17. The zero-order chi connectivity index (χ0) is 21.3. The van der Waals surface area contributed by atoms with E-state index in [1.54, 1.807) is 27.8 Å². The first-order valence-electron chi connectivity index (χ1n) is 9.65. The van der Waals surface area contributed by atoms with E-state index in [9.17, 15) is 9.18 Å². The first-order valence-corrected chi connectivity index (χ1v) is 9.65. The summed E-state index contributed by atoms with van der Waals surface area (Å²) in [5.74, 6) is 0.817. The third kappa shape index (κ3) is 3.51. The molecule has 1 unspecified atom stereocenters. The van der Waals surface area contributed by atoms with Crippen molar-refractivity contribution in [2.24, 2.45) is 0 Å². The van der Waals surface area contributed by atoms with E-state index < -0.39 is 0 Å². The molecule has 0 bridgehead atoms. The maximum Gasteiger partial charge on any atom is 0.254 e. The van der Waals surface area contributed by atoms with E-state index in [4.69, 9.17) is 14.2 Å². The van der Waals surface area contributed by atoms with E-state index in [1.165, 1.54) is 33.5 Å². The standard InChI is InChI=1S/C21H23FN4O4/c1-28-18-9-13(10-19(29-2)20(18)30-3)21(27)25-8-4-5-15(12-25)26-17-7-6-14(22)11-16(17)23-24-26/h6-7,9-11,15H,4-5,8,12H2,1-3H3. The van der Waals surface area contributed by atoms with E-state index in [2.05, 4.69) is 10.3 Å². The fourth-order valence-corrected chi connectivity index (χ4v) is 3.91. The van der Waals surface area contributed by atoms with Crippen molar-refractivity contribution in [2.75, 3.05) is 34.4 Å². The molecule has 9 heteroatoms. The van der Waals surface area contributed by atoms with Gasteiger partial charge in [0.15, 0.2) is 11.5 Å². The van der Waals surface area contributed by atoms with Crippen LogP contribution in [-0.4, -0.2) is 60.2 Å². The summed E-state index contributed by atoms with van der Waals surface area (Å²) in [6.07, 6.45) is 1.68.